The Bertz CT molecular complexity index is 1080. The van der Waals surface area contributed by atoms with Gasteiger partial charge in [0.25, 0.3) is 5.56 Å². The van der Waals surface area contributed by atoms with E-state index in [0.29, 0.717) is 19.1 Å². The first-order valence-corrected chi connectivity index (χ1v) is 9.60. The van der Waals surface area contributed by atoms with Crippen LogP contribution in [0.3, 0.4) is 0 Å². The van der Waals surface area contributed by atoms with Gasteiger partial charge in [-0.2, -0.15) is 5.10 Å². The second-order valence-corrected chi connectivity index (χ2v) is 7.41. The molecule has 2 unspecified atom stereocenters. The van der Waals surface area contributed by atoms with E-state index in [2.05, 4.69) is 15.4 Å². The van der Waals surface area contributed by atoms with E-state index in [0.717, 1.165) is 40.9 Å². The van der Waals surface area contributed by atoms with E-state index in [1.807, 2.05) is 30.3 Å². The average molecular weight is 378 g/mol. The predicted molar refractivity (Wildman–Crippen MR) is 106 cm³/mol. The summed E-state index contributed by atoms with van der Waals surface area (Å²) in [4.78, 5) is 16.9. The molecule has 7 nitrogen and oxygen atoms in total. The Hall–Kier alpha value is -2.93. The van der Waals surface area contributed by atoms with Crippen molar-refractivity contribution in [2.75, 3.05) is 25.6 Å². The Balaban J connectivity index is 1.48. The number of nitrogens with one attached hydrogen (secondary N) is 1. The predicted octanol–water partition coefficient (Wildman–Crippen LogP) is 2.73. The zero-order valence-electron chi connectivity index (χ0n) is 15.7. The summed E-state index contributed by atoms with van der Waals surface area (Å²) in [6.45, 7) is 0.977. The van der Waals surface area contributed by atoms with Gasteiger partial charge in [0.2, 0.25) is 0 Å². The standard InChI is InChI=1S/C21H22N4O3/c1-27-14-4-5-17-15(10-14)18(8-9-22-17)23-19-11-28-12-20(19)25-21(26)7-6-16(24-25)13-2-3-13/h4-10,13,19-20H,2-3,11-12H2,1H3,(H,22,23). The van der Waals surface area contributed by atoms with Crippen molar-refractivity contribution in [2.24, 2.45) is 0 Å². The molecule has 1 aliphatic heterocycles. The number of fused-ring (bicyclic) bond motifs is 1. The van der Waals surface area contributed by atoms with Crippen molar-refractivity contribution >= 4 is 16.6 Å². The summed E-state index contributed by atoms with van der Waals surface area (Å²) in [5.41, 5.74) is 2.74. The molecule has 0 spiro atoms. The number of pyridine rings is 1. The first-order chi connectivity index (χ1) is 13.7. The van der Waals surface area contributed by atoms with E-state index < -0.39 is 0 Å². The fourth-order valence-electron chi connectivity index (χ4n) is 3.77. The van der Waals surface area contributed by atoms with Gasteiger partial charge in [0, 0.05) is 29.3 Å². The molecule has 1 saturated heterocycles. The SMILES string of the molecule is COc1ccc2nccc(NC3COCC3n3nc(C4CC4)ccc3=O)c2c1. The van der Waals surface area contributed by atoms with Crippen LogP contribution in [0.1, 0.15) is 30.5 Å². The Morgan fingerprint density at radius 3 is 2.89 bits per heavy atom. The molecular weight excluding hydrogens is 356 g/mol. The van der Waals surface area contributed by atoms with Gasteiger partial charge in [0.1, 0.15) is 11.8 Å². The van der Waals surface area contributed by atoms with Gasteiger partial charge in [-0.25, -0.2) is 4.68 Å². The lowest BCUT2D eigenvalue weighted by Gasteiger charge is -2.22. The Morgan fingerprint density at radius 2 is 2.07 bits per heavy atom. The van der Waals surface area contributed by atoms with Crippen LogP contribution in [0.25, 0.3) is 10.9 Å². The zero-order valence-corrected chi connectivity index (χ0v) is 15.7. The number of nitrogens with zero attached hydrogens (tertiary/aromatic N) is 3. The fourth-order valence-corrected chi connectivity index (χ4v) is 3.77. The van der Waals surface area contributed by atoms with Crippen molar-refractivity contribution in [2.45, 2.75) is 30.8 Å². The summed E-state index contributed by atoms with van der Waals surface area (Å²) in [6, 6.07) is 11.0. The lowest BCUT2D eigenvalue weighted by molar-refractivity contribution is 0.182. The van der Waals surface area contributed by atoms with Crippen LogP contribution in [0.2, 0.25) is 0 Å². The number of anilines is 1. The molecule has 1 aromatic carbocycles. The molecule has 1 N–H and O–H groups in total. The van der Waals surface area contributed by atoms with E-state index >= 15 is 0 Å². The van der Waals surface area contributed by atoms with E-state index in [9.17, 15) is 4.79 Å². The molecule has 3 aromatic rings. The third-order valence-corrected chi connectivity index (χ3v) is 5.50. The molecule has 2 fully saturated rings. The highest BCUT2D eigenvalue weighted by molar-refractivity contribution is 5.92. The average Bonchev–Trinajstić information content (AvgIpc) is 3.48. The van der Waals surface area contributed by atoms with Crippen molar-refractivity contribution in [3.8, 4) is 5.75 Å². The number of hydrogen-bond donors (Lipinski definition) is 1. The van der Waals surface area contributed by atoms with E-state index in [-0.39, 0.29) is 17.6 Å². The minimum Gasteiger partial charge on any atom is -0.497 e. The van der Waals surface area contributed by atoms with Gasteiger partial charge in [0.15, 0.2) is 0 Å². The van der Waals surface area contributed by atoms with Crippen molar-refractivity contribution in [1.82, 2.24) is 14.8 Å². The van der Waals surface area contributed by atoms with Gasteiger partial charge < -0.3 is 14.8 Å². The second kappa shape index (κ2) is 6.91. The highest BCUT2D eigenvalue weighted by Gasteiger charge is 2.33. The number of ether oxygens (including phenoxy) is 2. The van der Waals surface area contributed by atoms with Crippen molar-refractivity contribution in [3.05, 3.63) is 58.6 Å². The van der Waals surface area contributed by atoms with Crippen LogP contribution in [-0.2, 0) is 4.74 Å². The smallest absolute Gasteiger partial charge is 0.267 e. The van der Waals surface area contributed by atoms with E-state index in [1.165, 1.54) is 0 Å². The fraction of sp³-hybridized carbons (Fsp3) is 0.381. The summed E-state index contributed by atoms with van der Waals surface area (Å²) >= 11 is 0. The van der Waals surface area contributed by atoms with Crippen LogP contribution < -0.4 is 15.6 Å². The van der Waals surface area contributed by atoms with Crippen molar-refractivity contribution in [1.29, 1.82) is 0 Å². The van der Waals surface area contributed by atoms with Gasteiger partial charge >= 0.3 is 0 Å². The van der Waals surface area contributed by atoms with Crippen LogP contribution in [0.4, 0.5) is 5.69 Å². The zero-order chi connectivity index (χ0) is 19.1. The molecule has 2 atom stereocenters. The normalized spacial score (nSPS) is 21.8. The number of benzene rings is 1. The summed E-state index contributed by atoms with van der Waals surface area (Å²) in [6.07, 6.45) is 4.08. The van der Waals surface area contributed by atoms with Crippen molar-refractivity contribution < 1.29 is 9.47 Å². The van der Waals surface area contributed by atoms with E-state index in [1.54, 1.807) is 24.1 Å². The third-order valence-electron chi connectivity index (χ3n) is 5.50. The number of aromatic nitrogens is 3. The third kappa shape index (κ3) is 3.11. The molecule has 144 valence electrons. The Kier molecular flexibility index (Phi) is 4.24. The largest absolute Gasteiger partial charge is 0.497 e. The van der Waals surface area contributed by atoms with Gasteiger partial charge in [0.05, 0.1) is 37.6 Å². The van der Waals surface area contributed by atoms with Crippen LogP contribution >= 0.6 is 0 Å². The quantitative estimate of drug-likeness (QED) is 0.736. The maximum atomic E-state index is 12.5. The molecule has 2 aliphatic rings. The molecule has 1 aliphatic carbocycles. The number of hydrogen-bond acceptors (Lipinski definition) is 6. The maximum Gasteiger partial charge on any atom is 0.267 e. The molecule has 0 amide bonds. The summed E-state index contributed by atoms with van der Waals surface area (Å²) in [5, 5.41) is 9.18. The van der Waals surface area contributed by atoms with Crippen LogP contribution in [0.15, 0.2) is 47.4 Å². The first kappa shape index (κ1) is 17.2. The summed E-state index contributed by atoms with van der Waals surface area (Å²) in [5.74, 6) is 1.27. The van der Waals surface area contributed by atoms with Gasteiger partial charge in [-0.05, 0) is 43.2 Å². The van der Waals surface area contributed by atoms with Crippen LogP contribution in [0, 0.1) is 0 Å². The topological polar surface area (TPSA) is 78.3 Å². The maximum absolute atomic E-state index is 12.5. The lowest BCUT2D eigenvalue weighted by atomic mass is 10.1. The second-order valence-electron chi connectivity index (χ2n) is 7.41. The molecule has 0 bridgehead atoms. The lowest BCUT2D eigenvalue weighted by Crippen LogP contribution is -2.37. The molecular formula is C21H22N4O3. The van der Waals surface area contributed by atoms with Gasteiger partial charge in [-0.1, -0.05) is 0 Å². The van der Waals surface area contributed by atoms with Gasteiger partial charge in [-0.15, -0.1) is 0 Å². The highest BCUT2D eigenvalue weighted by atomic mass is 16.5. The molecule has 28 heavy (non-hydrogen) atoms. The number of rotatable bonds is 5. The Labute approximate surface area is 162 Å². The van der Waals surface area contributed by atoms with Crippen molar-refractivity contribution in [3.63, 3.8) is 0 Å². The molecule has 2 aromatic heterocycles. The van der Waals surface area contributed by atoms with Crippen LogP contribution in [0.5, 0.6) is 5.75 Å². The summed E-state index contributed by atoms with van der Waals surface area (Å²) < 4.78 is 12.7. The summed E-state index contributed by atoms with van der Waals surface area (Å²) in [7, 11) is 1.65. The number of methoxy groups -OCH3 is 1. The molecule has 7 heteroatoms. The molecule has 5 rings (SSSR count). The Morgan fingerprint density at radius 1 is 1.18 bits per heavy atom. The molecule has 0 radical (unpaired) electrons. The molecule has 3 heterocycles. The monoisotopic (exact) mass is 378 g/mol. The molecule has 1 saturated carbocycles. The van der Waals surface area contributed by atoms with Crippen LogP contribution in [-0.4, -0.2) is 41.1 Å². The first-order valence-electron chi connectivity index (χ1n) is 9.60. The minimum atomic E-state index is -0.153. The minimum absolute atomic E-state index is 0.0588. The van der Waals surface area contributed by atoms with E-state index in [4.69, 9.17) is 9.47 Å². The highest BCUT2D eigenvalue weighted by Crippen LogP contribution is 2.38. The van der Waals surface area contributed by atoms with Gasteiger partial charge in [-0.3, -0.25) is 9.78 Å².